The number of methoxy groups -OCH3 is 2. The Balaban J connectivity index is 5.11. The third kappa shape index (κ3) is 4.75. The lowest BCUT2D eigenvalue weighted by Crippen LogP contribution is -3.00. The highest BCUT2D eigenvalue weighted by Crippen LogP contribution is 2.05. The molecule has 0 spiro atoms. The zero-order valence-corrected chi connectivity index (χ0v) is 10.3. The molecular formula is C11H18NO4+. The van der Waals surface area contributed by atoms with Crippen molar-refractivity contribution in [1.29, 1.82) is 0 Å². The van der Waals surface area contributed by atoms with E-state index >= 15 is 0 Å². The molecule has 5 heteroatoms. The Hall–Kier alpha value is -1.62. The summed E-state index contributed by atoms with van der Waals surface area (Å²) in [5.41, 5.74) is 0.672. The minimum atomic E-state index is -0.701. The second kappa shape index (κ2) is 6.79. The Labute approximate surface area is 95.3 Å². The van der Waals surface area contributed by atoms with Crippen molar-refractivity contribution in [3.05, 3.63) is 23.4 Å². The number of rotatable bonds is 4. The molecule has 0 unspecified atom stereocenters. The van der Waals surface area contributed by atoms with Crippen LogP contribution in [0.15, 0.2) is 23.4 Å². The number of nitrogens with one attached hydrogen (secondary N) is 1. The van der Waals surface area contributed by atoms with Crippen molar-refractivity contribution in [1.82, 2.24) is 0 Å². The van der Waals surface area contributed by atoms with Gasteiger partial charge in [-0.1, -0.05) is 0 Å². The molecule has 0 fully saturated rings. The molecule has 0 heterocycles. The molecule has 90 valence electrons. The zero-order valence-electron chi connectivity index (χ0n) is 10.3. The second-order valence-corrected chi connectivity index (χ2v) is 3.51. The molecule has 0 aliphatic heterocycles. The molecule has 0 aromatic heterocycles. The first-order valence-electron chi connectivity index (χ1n) is 4.79. The Kier molecular flexibility index (Phi) is 6.10. The van der Waals surface area contributed by atoms with E-state index in [-0.39, 0.29) is 5.57 Å². The molecule has 16 heavy (non-hydrogen) atoms. The van der Waals surface area contributed by atoms with E-state index in [4.69, 9.17) is 0 Å². The highest BCUT2D eigenvalue weighted by atomic mass is 16.5. The summed E-state index contributed by atoms with van der Waals surface area (Å²) >= 11 is 0. The smallest absolute Gasteiger partial charge is 0.345 e. The molecule has 0 saturated heterocycles. The largest absolute Gasteiger partial charge is 0.465 e. The van der Waals surface area contributed by atoms with Crippen molar-refractivity contribution >= 4 is 11.9 Å². The maximum absolute atomic E-state index is 11.3. The lowest BCUT2D eigenvalue weighted by molar-refractivity contribution is -0.801. The summed E-state index contributed by atoms with van der Waals surface area (Å²) in [6.45, 7) is 1.79. The summed E-state index contributed by atoms with van der Waals surface area (Å²) in [6, 6.07) is 0. The van der Waals surface area contributed by atoms with E-state index in [1.807, 2.05) is 20.3 Å². The van der Waals surface area contributed by atoms with Gasteiger partial charge in [-0.3, -0.25) is 0 Å². The standard InChI is InChI=1S/C11H17NO4/c1-8(7-12(2)3)6-9(10(13)15-4)11(14)16-5/h6-7H,1-5H3/p+1/b8-7+. The quantitative estimate of drug-likeness (QED) is 0.227. The average molecular weight is 228 g/mol. The fourth-order valence-corrected chi connectivity index (χ4v) is 1.15. The normalized spacial score (nSPS) is 11.0. The number of carbonyl (C=O) groups is 2. The first kappa shape index (κ1) is 14.4. The van der Waals surface area contributed by atoms with E-state index in [1.54, 1.807) is 6.92 Å². The number of carbonyl (C=O) groups excluding carboxylic acids is 2. The average Bonchev–Trinajstić information content (AvgIpc) is 2.22. The Morgan fingerprint density at radius 3 is 1.81 bits per heavy atom. The van der Waals surface area contributed by atoms with Gasteiger partial charge in [0, 0.05) is 5.57 Å². The molecule has 0 amide bonds. The van der Waals surface area contributed by atoms with Crippen molar-refractivity contribution in [2.75, 3.05) is 28.3 Å². The van der Waals surface area contributed by atoms with E-state index in [0.29, 0.717) is 0 Å². The van der Waals surface area contributed by atoms with Crippen molar-refractivity contribution < 1.29 is 24.0 Å². The number of hydrogen-bond acceptors (Lipinski definition) is 4. The SMILES string of the molecule is COC(=O)C(=C/C(C)=C/[NH+](C)C)C(=O)OC. The molecule has 0 aromatic carbocycles. The van der Waals surface area contributed by atoms with Gasteiger partial charge in [0.05, 0.1) is 34.5 Å². The van der Waals surface area contributed by atoms with Gasteiger partial charge in [-0.25, -0.2) is 9.59 Å². The zero-order chi connectivity index (χ0) is 12.7. The number of ether oxygens (including phenoxy) is 2. The number of quaternary nitrogens is 1. The van der Waals surface area contributed by atoms with Crippen LogP contribution in [0.25, 0.3) is 0 Å². The van der Waals surface area contributed by atoms with Gasteiger partial charge >= 0.3 is 11.9 Å². The maximum Gasteiger partial charge on any atom is 0.345 e. The van der Waals surface area contributed by atoms with Gasteiger partial charge in [0.25, 0.3) is 0 Å². The number of esters is 2. The van der Waals surface area contributed by atoms with Gasteiger partial charge in [-0.05, 0) is 13.0 Å². The molecule has 0 saturated carbocycles. The van der Waals surface area contributed by atoms with Crippen LogP contribution in [0.4, 0.5) is 0 Å². The van der Waals surface area contributed by atoms with Crippen LogP contribution in [0.5, 0.6) is 0 Å². The van der Waals surface area contributed by atoms with E-state index in [0.717, 1.165) is 10.5 Å². The summed E-state index contributed by atoms with van der Waals surface area (Å²) < 4.78 is 9.00. The van der Waals surface area contributed by atoms with E-state index < -0.39 is 11.9 Å². The molecule has 0 aliphatic rings. The summed E-state index contributed by atoms with van der Waals surface area (Å²) in [6.07, 6.45) is 3.30. The molecule has 0 radical (unpaired) electrons. The van der Waals surface area contributed by atoms with Crippen molar-refractivity contribution in [3.63, 3.8) is 0 Å². The fourth-order valence-electron chi connectivity index (χ4n) is 1.15. The molecule has 0 bridgehead atoms. The van der Waals surface area contributed by atoms with Crippen molar-refractivity contribution in [2.45, 2.75) is 6.92 Å². The van der Waals surface area contributed by atoms with Gasteiger partial charge in [0.1, 0.15) is 5.57 Å². The Morgan fingerprint density at radius 1 is 1.06 bits per heavy atom. The molecule has 0 rings (SSSR count). The lowest BCUT2D eigenvalue weighted by Gasteiger charge is -2.04. The highest BCUT2D eigenvalue weighted by Gasteiger charge is 2.19. The predicted octanol–water partition coefficient (Wildman–Crippen LogP) is -0.693. The van der Waals surface area contributed by atoms with Crippen LogP contribution >= 0.6 is 0 Å². The monoisotopic (exact) mass is 228 g/mol. The lowest BCUT2D eigenvalue weighted by atomic mass is 10.2. The summed E-state index contributed by atoms with van der Waals surface area (Å²) in [4.78, 5) is 23.7. The maximum atomic E-state index is 11.3. The molecule has 0 aromatic rings. The van der Waals surface area contributed by atoms with E-state index in [9.17, 15) is 9.59 Å². The summed E-state index contributed by atoms with van der Waals surface area (Å²) in [7, 11) is 6.28. The second-order valence-electron chi connectivity index (χ2n) is 3.51. The van der Waals surface area contributed by atoms with Crippen LogP contribution < -0.4 is 4.90 Å². The van der Waals surface area contributed by atoms with E-state index in [2.05, 4.69) is 9.47 Å². The predicted molar refractivity (Wildman–Crippen MR) is 58.7 cm³/mol. The molecule has 1 N–H and O–H groups in total. The Bertz CT molecular complexity index is 311. The van der Waals surface area contributed by atoms with E-state index in [1.165, 1.54) is 20.3 Å². The highest BCUT2D eigenvalue weighted by molar-refractivity contribution is 6.14. The van der Waals surface area contributed by atoms with Crippen LogP contribution in [0, 0.1) is 0 Å². The molecule has 0 atom stereocenters. The number of hydrogen-bond donors (Lipinski definition) is 1. The van der Waals surface area contributed by atoms with Crippen LogP contribution in [0.1, 0.15) is 6.92 Å². The van der Waals surface area contributed by atoms with Gasteiger partial charge in [0.2, 0.25) is 0 Å². The topological polar surface area (TPSA) is 57.0 Å². The van der Waals surface area contributed by atoms with Gasteiger partial charge in [-0.2, -0.15) is 0 Å². The third-order valence-electron chi connectivity index (χ3n) is 1.70. The molecule has 0 aliphatic carbocycles. The van der Waals surface area contributed by atoms with Gasteiger partial charge in [-0.15, -0.1) is 0 Å². The first-order chi connectivity index (χ1) is 7.42. The van der Waals surface area contributed by atoms with Crippen molar-refractivity contribution in [2.24, 2.45) is 0 Å². The summed E-state index contributed by atoms with van der Waals surface area (Å²) in [5, 5.41) is 0. The van der Waals surface area contributed by atoms with Crippen molar-refractivity contribution in [3.8, 4) is 0 Å². The Morgan fingerprint density at radius 2 is 1.50 bits per heavy atom. The molecular weight excluding hydrogens is 210 g/mol. The van der Waals surface area contributed by atoms with Crippen LogP contribution in [0.3, 0.4) is 0 Å². The first-order valence-corrected chi connectivity index (χ1v) is 4.79. The minimum absolute atomic E-state index is 0.111. The fraction of sp³-hybridized carbons (Fsp3) is 0.455. The summed E-state index contributed by atoms with van der Waals surface area (Å²) in [5.74, 6) is -1.40. The van der Waals surface area contributed by atoms with Crippen LogP contribution in [0.2, 0.25) is 0 Å². The number of allylic oxidation sites excluding steroid dienone is 2. The van der Waals surface area contributed by atoms with Crippen LogP contribution in [-0.2, 0) is 19.1 Å². The van der Waals surface area contributed by atoms with Gasteiger partial charge < -0.3 is 14.4 Å². The molecule has 5 nitrogen and oxygen atoms in total. The third-order valence-corrected chi connectivity index (χ3v) is 1.70. The van der Waals surface area contributed by atoms with Crippen LogP contribution in [-0.4, -0.2) is 40.3 Å². The van der Waals surface area contributed by atoms with Gasteiger partial charge in [0.15, 0.2) is 0 Å². The minimum Gasteiger partial charge on any atom is -0.465 e.